The first-order valence-corrected chi connectivity index (χ1v) is 4.29. The topological polar surface area (TPSA) is 40.9 Å². The van der Waals surface area contributed by atoms with Gasteiger partial charge in [-0.25, -0.2) is 0 Å². The lowest BCUT2D eigenvalue weighted by Crippen LogP contribution is -2.22. The highest BCUT2D eigenvalue weighted by Crippen LogP contribution is 2.86. The van der Waals surface area contributed by atoms with Crippen LogP contribution in [0.1, 0.15) is 0 Å². The van der Waals surface area contributed by atoms with Crippen molar-refractivity contribution in [3.05, 3.63) is 0 Å². The quantitative estimate of drug-likeness (QED) is 0.496. The van der Waals surface area contributed by atoms with Crippen molar-refractivity contribution >= 4 is 5.78 Å². The molecule has 0 amide bonds. The maximum absolute atomic E-state index is 11.4. The minimum absolute atomic E-state index is 0.132. The molecule has 0 aliphatic heterocycles. The fraction of sp³-hybridized carbons (Fsp3) is 0.778. The first-order chi connectivity index (χ1) is 5.36. The molecule has 0 aromatic heterocycles. The van der Waals surface area contributed by atoms with E-state index >= 15 is 0 Å². The second kappa shape index (κ2) is 1.04. The largest absolute Gasteiger partial charge is 0.299 e. The molecule has 5 aliphatic rings. The Morgan fingerprint density at radius 2 is 1.82 bits per heavy atom. The van der Waals surface area contributed by atoms with Gasteiger partial charge in [0, 0.05) is 11.8 Å². The van der Waals surface area contributed by atoms with Crippen molar-refractivity contribution in [3.8, 4) is 6.07 Å². The first kappa shape index (κ1) is 4.92. The Kier molecular flexibility index (Phi) is 0.468. The van der Waals surface area contributed by atoms with Crippen LogP contribution < -0.4 is 0 Å². The third-order valence-electron chi connectivity index (χ3n) is 4.21. The molecule has 5 fully saturated rings. The van der Waals surface area contributed by atoms with Crippen LogP contribution in [0.2, 0.25) is 0 Å². The number of hydrogen-bond acceptors (Lipinski definition) is 2. The molecule has 0 spiro atoms. The molecule has 5 saturated carbocycles. The molecular formula is C9H7NO. The third-order valence-corrected chi connectivity index (χ3v) is 4.21. The number of ketones is 1. The van der Waals surface area contributed by atoms with E-state index in [0.717, 1.165) is 17.8 Å². The van der Waals surface area contributed by atoms with Crippen LogP contribution in [-0.4, -0.2) is 5.78 Å². The molecule has 0 saturated heterocycles. The second-order valence-corrected chi connectivity index (χ2v) is 4.42. The molecule has 5 atom stereocenters. The van der Waals surface area contributed by atoms with Gasteiger partial charge in [0.05, 0.1) is 12.0 Å². The van der Waals surface area contributed by atoms with Gasteiger partial charge in [-0.2, -0.15) is 5.26 Å². The Bertz CT molecular complexity index is 319. The van der Waals surface area contributed by atoms with Crippen molar-refractivity contribution in [2.24, 2.45) is 41.4 Å². The minimum Gasteiger partial charge on any atom is -0.299 e. The molecular weight excluding hydrogens is 138 g/mol. The lowest BCUT2D eigenvalue weighted by atomic mass is 9.87. The number of nitriles is 1. The van der Waals surface area contributed by atoms with Gasteiger partial charge in [0.15, 0.2) is 0 Å². The lowest BCUT2D eigenvalue weighted by Gasteiger charge is -2.15. The van der Waals surface area contributed by atoms with E-state index in [9.17, 15) is 4.79 Å². The van der Waals surface area contributed by atoms with E-state index in [1.165, 1.54) is 0 Å². The summed E-state index contributed by atoms with van der Waals surface area (Å²) in [7, 11) is 0. The summed E-state index contributed by atoms with van der Waals surface area (Å²) in [6.45, 7) is 0. The van der Waals surface area contributed by atoms with E-state index in [-0.39, 0.29) is 11.8 Å². The predicted molar refractivity (Wildman–Crippen MR) is 35.0 cm³/mol. The smallest absolute Gasteiger partial charge is 0.141 e. The number of rotatable bonds is 0. The summed E-state index contributed by atoms with van der Waals surface area (Å²) in [6.07, 6.45) is 0. The zero-order valence-corrected chi connectivity index (χ0v) is 5.90. The van der Waals surface area contributed by atoms with Crippen LogP contribution in [0.4, 0.5) is 0 Å². The Morgan fingerprint density at radius 1 is 1.09 bits per heavy atom. The summed E-state index contributed by atoms with van der Waals surface area (Å²) in [4.78, 5) is 11.4. The fourth-order valence-corrected chi connectivity index (χ4v) is 3.54. The van der Waals surface area contributed by atoms with Crippen LogP contribution in [0.15, 0.2) is 0 Å². The standard InChI is InChI=1S/C9H7NO/c10-1-2-3-4(2)9(11)8-6-5(3)7(6)8/h2-8H/t2-,3-,4+,5?,6-,7-,8?/m0/s1. The molecule has 54 valence electrons. The van der Waals surface area contributed by atoms with Gasteiger partial charge in [-0.05, 0) is 23.7 Å². The Hall–Kier alpha value is -0.840. The van der Waals surface area contributed by atoms with E-state index < -0.39 is 0 Å². The monoisotopic (exact) mass is 145 g/mol. The zero-order valence-electron chi connectivity index (χ0n) is 5.90. The summed E-state index contributed by atoms with van der Waals surface area (Å²) in [5.74, 6) is 4.10. The molecule has 0 heterocycles. The predicted octanol–water partition coefficient (Wildman–Crippen LogP) is 0.447. The first-order valence-electron chi connectivity index (χ1n) is 4.29. The number of hydrogen-bond donors (Lipinski definition) is 0. The van der Waals surface area contributed by atoms with Gasteiger partial charge in [-0.3, -0.25) is 4.79 Å². The van der Waals surface area contributed by atoms with Crippen LogP contribution in [0.5, 0.6) is 0 Å². The Morgan fingerprint density at radius 3 is 2.45 bits per heavy atom. The third kappa shape index (κ3) is 0.306. The van der Waals surface area contributed by atoms with Crippen molar-refractivity contribution in [1.82, 2.24) is 0 Å². The number of Topliss-reactive ketones (excluding diaryl/α,β-unsaturated/α-hetero) is 1. The zero-order chi connectivity index (χ0) is 7.33. The average Bonchev–Trinajstić information content (AvgIpc) is 2.84. The summed E-state index contributed by atoms with van der Waals surface area (Å²) in [5, 5.41) is 8.70. The number of carbonyl (C=O) groups excluding carboxylic acids is 1. The van der Waals surface area contributed by atoms with Gasteiger partial charge in [-0.15, -0.1) is 0 Å². The molecule has 2 heteroatoms. The van der Waals surface area contributed by atoms with E-state index in [1.54, 1.807) is 0 Å². The molecule has 5 rings (SSSR count). The number of nitrogens with zero attached hydrogens (tertiary/aromatic N) is 1. The summed E-state index contributed by atoms with van der Waals surface area (Å²) >= 11 is 0. The van der Waals surface area contributed by atoms with Crippen LogP contribution >= 0.6 is 0 Å². The van der Waals surface area contributed by atoms with Gasteiger partial charge in [0.1, 0.15) is 5.78 Å². The maximum atomic E-state index is 11.4. The van der Waals surface area contributed by atoms with Crippen LogP contribution in [0.3, 0.4) is 0 Å². The molecule has 0 aromatic carbocycles. The SMILES string of the molecule is N#C[C@@H]1[C@H]2C(=O)C3[C@H]4C([C@H]34)[C@@H]12. The lowest BCUT2D eigenvalue weighted by molar-refractivity contribution is -0.125. The summed E-state index contributed by atoms with van der Waals surface area (Å²) in [5.41, 5.74) is 0. The second-order valence-electron chi connectivity index (χ2n) is 4.42. The van der Waals surface area contributed by atoms with Gasteiger partial charge in [-0.1, -0.05) is 0 Å². The van der Waals surface area contributed by atoms with Gasteiger partial charge >= 0.3 is 0 Å². The van der Waals surface area contributed by atoms with E-state index in [0.29, 0.717) is 17.6 Å². The van der Waals surface area contributed by atoms with E-state index in [2.05, 4.69) is 6.07 Å². The fourth-order valence-electron chi connectivity index (χ4n) is 3.54. The van der Waals surface area contributed by atoms with Crippen LogP contribution in [-0.2, 0) is 4.79 Å². The summed E-state index contributed by atoms with van der Waals surface area (Å²) in [6, 6.07) is 2.26. The molecule has 2 bridgehead atoms. The molecule has 11 heavy (non-hydrogen) atoms. The Balaban J connectivity index is 1.80. The Labute approximate surface area is 64.2 Å². The summed E-state index contributed by atoms with van der Waals surface area (Å²) < 4.78 is 0. The maximum Gasteiger partial charge on any atom is 0.141 e. The molecule has 0 N–H and O–H groups in total. The highest BCUT2D eigenvalue weighted by molar-refractivity contribution is 5.94. The number of carbonyl (C=O) groups is 1. The van der Waals surface area contributed by atoms with Crippen molar-refractivity contribution < 1.29 is 4.79 Å². The van der Waals surface area contributed by atoms with Crippen molar-refractivity contribution in [2.75, 3.05) is 0 Å². The van der Waals surface area contributed by atoms with Crippen LogP contribution in [0.25, 0.3) is 0 Å². The average molecular weight is 145 g/mol. The van der Waals surface area contributed by atoms with Crippen molar-refractivity contribution in [3.63, 3.8) is 0 Å². The van der Waals surface area contributed by atoms with Gasteiger partial charge in [0.2, 0.25) is 0 Å². The normalized spacial score (nSPS) is 72.6. The molecule has 2 nitrogen and oxygen atoms in total. The van der Waals surface area contributed by atoms with E-state index in [1.807, 2.05) is 0 Å². The minimum atomic E-state index is 0.132. The van der Waals surface area contributed by atoms with Gasteiger partial charge < -0.3 is 0 Å². The highest BCUT2D eigenvalue weighted by atomic mass is 16.1. The van der Waals surface area contributed by atoms with E-state index in [4.69, 9.17) is 5.26 Å². The van der Waals surface area contributed by atoms with Crippen molar-refractivity contribution in [1.29, 1.82) is 5.26 Å². The van der Waals surface area contributed by atoms with Gasteiger partial charge in [0.25, 0.3) is 0 Å². The van der Waals surface area contributed by atoms with Crippen molar-refractivity contribution in [2.45, 2.75) is 0 Å². The molecule has 0 radical (unpaired) electrons. The van der Waals surface area contributed by atoms with Crippen LogP contribution in [0, 0.1) is 52.8 Å². The molecule has 5 aliphatic carbocycles. The molecule has 0 unspecified atom stereocenters. The molecule has 0 aromatic rings. The highest BCUT2D eigenvalue weighted by Gasteiger charge is 2.88.